The Bertz CT molecular complexity index is 861. The molecule has 8 heteroatoms. The average Bonchev–Trinajstić information content (AvgIpc) is 2.77. The topological polar surface area (TPSA) is 95.1 Å². The van der Waals surface area contributed by atoms with Gasteiger partial charge in [-0.3, -0.25) is 14.6 Å². The van der Waals surface area contributed by atoms with Crippen LogP contribution in [0.25, 0.3) is 0 Å². The number of ether oxygens (including phenoxy) is 1. The summed E-state index contributed by atoms with van der Waals surface area (Å²) in [5.74, 6) is 1.12. The molecule has 3 N–H and O–H groups in total. The maximum absolute atomic E-state index is 12.1. The van der Waals surface area contributed by atoms with Crippen LogP contribution in [-0.2, 0) is 17.9 Å². The molecule has 0 aliphatic carbocycles. The number of methoxy groups -OCH3 is 1. The minimum Gasteiger partial charge on any atom is -0.497 e. The number of hydrogen-bond donors (Lipinski definition) is 3. The van der Waals surface area contributed by atoms with Gasteiger partial charge in [-0.2, -0.15) is 0 Å². The summed E-state index contributed by atoms with van der Waals surface area (Å²) < 4.78 is 5.12. The van der Waals surface area contributed by atoms with Gasteiger partial charge >= 0.3 is 0 Å². The van der Waals surface area contributed by atoms with E-state index in [1.54, 1.807) is 45.3 Å². The van der Waals surface area contributed by atoms with E-state index in [0.717, 1.165) is 16.9 Å². The molecule has 0 saturated carbocycles. The number of guanidine groups is 1. The zero-order valence-corrected chi connectivity index (χ0v) is 17.9. The van der Waals surface area contributed by atoms with E-state index < -0.39 is 0 Å². The lowest BCUT2D eigenvalue weighted by molar-refractivity contribution is -0.120. The van der Waals surface area contributed by atoms with Crippen molar-refractivity contribution in [2.45, 2.75) is 13.1 Å². The van der Waals surface area contributed by atoms with Gasteiger partial charge in [-0.25, -0.2) is 0 Å². The monoisotopic (exact) mass is 411 g/mol. The molecule has 0 fully saturated rings. The van der Waals surface area contributed by atoms with Crippen LogP contribution in [0.15, 0.2) is 53.5 Å². The lowest BCUT2D eigenvalue weighted by Crippen LogP contribution is -2.42. The summed E-state index contributed by atoms with van der Waals surface area (Å²) in [6.45, 7) is 1.06. The standard InChI is InChI=1S/C22H29N5O3/c1-23-22(25-14-16-5-9-18(10-6-16)21(29)27(2)3)26-15-20(28)24-13-17-7-11-19(30-4)12-8-17/h5-12H,13-15H2,1-4H3,(H,24,28)(H2,23,25,26). The first-order valence-electron chi connectivity index (χ1n) is 9.57. The molecule has 2 amide bonds. The summed E-state index contributed by atoms with van der Waals surface area (Å²) in [6, 6.07) is 14.9. The van der Waals surface area contributed by atoms with Gasteiger partial charge in [-0.15, -0.1) is 0 Å². The maximum Gasteiger partial charge on any atom is 0.253 e. The van der Waals surface area contributed by atoms with Crippen LogP contribution in [-0.4, -0.2) is 57.5 Å². The summed E-state index contributed by atoms with van der Waals surface area (Å²) in [6.07, 6.45) is 0. The number of benzene rings is 2. The third-order valence-electron chi connectivity index (χ3n) is 4.36. The Morgan fingerprint density at radius 2 is 1.47 bits per heavy atom. The van der Waals surface area contributed by atoms with Crippen LogP contribution < -0.4 is 20.7 Å². The molecule has 0 spiro atoms. The molecular weight excluding hydrogens is 382 g/mol. The number of nitrogens with zero attached hydrogens (tertiary/aromatic N) is 2. The van der Waals surface area contributed by atoms with E-state index >= 15 is 0 Å². The second-order valence-corrected chi connectivity index (χ2v) is 6.80. The highest BCUT2D eigenvalue weighted by Crippen LogP contribution is 2.10. The summed E-state index contributed by atoms with van der Waals surface area (Å²) in [4.78, 5) is 29.7. The Balaban J connectivity index is 1.74. The van der Waals surface area contributed by atoms with Crippen LogP contribution in [0.3, 0.4) is 0 Å². The fourth-order valence-corrected chi connectivity index (χ4v) is 2.60. The fraction of sp³-hybridized carbons (Fsp3) is 0.318. The molecule has 2 aromatic rings. The molecule has 0 radical (unpaired) electrons. The fourth-order valence-electron chi connectivity index (χ4n) is 2.60. The van der Waals surface area contributed by atoms with Crippen molar-refractivity contribution in [1.29, 1.82) is 0 Å². The Kier molecular flexibility index (Phi) is 8.68. The SMILES string of the molecule is CN=C(NCC(=O)NCc1ccc(OC)cc1)NCc1ccc(C(=O)N(C)C)cc1. The Labute approximate surface area is 177 Å². The second kappa shape index (κ2) is 11.5. The lowest BCUT2D eigenvalue weighted by atomic mass is 10.1. The molecule has 0 saturated heterocycles. The molecule has 0 bridgehead atoms. The molecule has 0 heterocycles. The number of rotatable bonds is 8. The Morgan fingerprint density at radius 3 is 2.00 bits per heavy atom. The van der Waals surface area contributed by atoms with E-state index in [4.69, 9.17) is 4.74 Å². The van der Waals surface area contributed by atoms with Crippen LogP contribution in [0.4, 0.5) is 0 Å². The molecule has 0 aromatic heterocycles. The predicted molar refractivity (Wildman–Crippen MR) is 118 cm³/mol. The van der Waals surface area contributed by atoms with E-state index in [9.17, 15) is 9.59 Å². The van der Waals surface area contributed by atoms with Crippen molar-refractivity contribution in [3.8, 4) is 5.75 Å². The molecular formula is C22H29N5O3. The van der Waals surface area contributed by atoms with E-state index in [1.165, 1.54) is 0 Å². The third kappa shape index (κ3) is 7.12. The summed E-state index contributed by atoms with van der Waals surface area (Å²) in [5, 5.41) is 8.99. The highest BCUT2D eigenvalue weighted by atomic mass is 16.5. The van der Waals surface area contributed by atoms with Crippen molar-refractivity contribution in [3.05, 3.63) is 65.2 Å². The maximum atomic E-state index is 12.1. The zero-order valence-electron chi connectivity index (χ0n) is 17.9. The van der Waals surface area contributed by atoms with E-state index in [-0.39, 0.29) is 18.4 Å². The number of carbonyl (C=O) groups is 2. The molecule has 2 aromatic carbocycles. The number of aliphatic imine (C=N–C) groups is 1. The predicted octanol–water partition coefficient (Wildman–Crippen LogP) is 1.38. The summed E-state index contributed by atoms with van der Waals surface area (Å²) in [7, 11) is 6.70. The number of carbonyl (C=O) groups excluding carboxylic acids is 2. The minimum atomic E-state index is -0.139. The van der Waals surface area contributed by atoms with Gasteiger partial charge in [-0.1, -0.05) is 24.3 Å². The van der Waals surface area contributed by atoms with Crippen molar-refractivity contribution >= 4 is 17.8 Å². The number of hydrogen-bond acceptors (Lipinski definition) is 4. The van der Waals surface area contributed by atoms with Gasteiger partial charge in [0, 0.05) is 39.8 Å². The summed E-state index contributed by atoms with van der Waals surface area (Å²) in [5.41, 5.74) is 2.62. The van der Waals surface area contributed by atoms with Gasteiger partial charge in [0.25, 0.3) is 5.91 Å². The normalized spacial score (nSPS) is 10.9. The Hall–Kier alpha value is -3.55. The van der Waals surface area contributed by atoms with Crippen LogP contribution in [0.5, 0.6) is 5.75 Å². The highest BCUT2D eigenvalue weighted by Gasteiger charge is 2.08. The van der Waals surface area contributed by atoms with Crippen LogP contribution in [0.1, 0.15) is 21.5 Å². The molecule has 0 aliphatic heterocycles. The molecule has 2 rings (SSSR count). The van der Waals surface area contributed by atoms with Crippen molar-refractivity contribution in [3.63, 3.8) is 0 Å². The number of amides is 2. The van der Waals surface area contributed by atoms with Gasteiger partial charge in [0.1, 0.15) is 5.75 Å². The quantitative estimate of drug-likeness (QED) is 0.451. The largest absolute Gasteiger partial charge is 0.497 e. The summed E-state index contributed by atoms with van der Waals surface area (Å²) >= 11 is 0. The average molecular weight is 412 g/mol. The van der Waals surface area contributed by atoms with Crippen molar-refractivity contribution in [2.24, 2.45) is 4.99 Å². The number of nitrogens with one attached hydrogen (secondary N) is 3. The molecule has 30 heavy (non-hydrogen) atoms. The van der Waals surface area contributed by atoms with Crippen molar-refractivity contribution in [2.75, 3.05) is 34.8 Å². The molecule has 0 atom stereocenters. The van der Waals surface area contributed by atoms with E-state index in [0.29, 0.717) is 24.6 Å². The first-order valence-corrected chi connectivity index (χ1v) is 9.57. The van der Waals surface area contributed by atoms with Crippen LogP contribution >= 0.6 is 0 Å². The van der Waals surface area contributed by atoms with E-state index in [1.807, 2.05) is 36.4 Å². The van der Waals surface area contributed by atoms with Crippen LogP contribution in [0.2, 0.25) is 0 Å². The smallest absolute Gasteiger partial charge is 0.253 e. The van der Waals surface area contributed by atoms with E-state index in [2.05, 4.69) is 20.9 Å². The molecule has 0 aliphatic rings. The highest BCUT2D eigenvalue weighted by molar-refractivity contribution is 5.93. The lowest BCUT2D eigenvalue weighted by Gasteiger charge is -2.13. The third-order valence-corrected chi connectivity index (χ3v) is 4.36. The van der Waals surface area contributed by atoms with Crippen molar-refractivity contribution < 1.29 is 14.3 Å². The first-order chi connectivity index (χ1) is 14.4. The molecule has 0 unspecified atom stereocenters. The van der Waals surface area contributed by atoms with Gasteiger partial charge in [0.05, 0.1) is 13.7 Å². The van der Waals surface area contributed by atoms with Crippen molar-refractivity contribution in [1.82, 2.24) is 20.9 Å². The second-order valence-electron chi connectivity index (χ2n) is 6.80. The van der Waals surface area contributed by atoms with Gasteiger partial charge in [0.2, 0.25) is 5.91 Å². The molecule has 160 valence electrons. The first kappa shape index (κ1) is 22.7. The van der Waals surface area contributed by atoms with Crippen LogP contribution in [0, 0.1) is 0 Å². The minimum absolute atomic E-state index is 0.0346. The van der Waals surface area contributed by atoms with Gasteiger partial charge in [0.15, 0.2) is 5.96 Å². The van der Waals surface area contributed by atoms with Gasteiger partial charge < -0.3 is 25.6 Å². The molecule has 8 nitrogen and oxygen atoms in total. The Morgan fingerprint density at radius 1 is 0.900 bits per heavy atom. The zero-order chi connectivity index (χ0) is 21.9. The van der Waals surface area contributed by atoms with Gasteiger partial charge in [-0.05, 0) is 35.4 Å².